The Kier molecular flexibility index (Phi) is 13.2. The van der Waals surface area contributed by atoms with Crippen LogP contribution in [0.25, 0.3) is 11.1 Å². The molecular weight excluding hydrogens is 484 g/mol. The Hall–Kier alpha value is 0.160. The molecule has 2 aromatic carbocycles. The molecule has 189 valence electrons. The van der Waals surface area contributed by atoms with E-state index in [1.807, 2.05) is 0 Å². The van der Waals surface area contributed by atoms with Gasteiger partial charge in [-0.3, -0.25) is 0 Å². The standard InChI is InChI=1S/C30H49P4/c1-11-31(12-2)27-21-28(32(13-3)14-4)30(29(22-27)33(15-5)16-6)25-18-17-19-26(20-25)34(23(7)8)24(9)10/h17-18,20-24H,11-16H2,1-10H3. The van der Waals surface area contributed by atoms with E-state index >= 15 is 0 Å². The molecule has 4 heteroatoms. The maximum absolute atomic E-state index is 3.69. The number of hydrogen-bond acceptors (Lipinski definition) is 0. The van der Waals surface area contributed by atoms with E-state index in [-0.39, 0.29) is 31.7 Å². The second-order valence-electron chi connectivity index (χ2n) is 9.43. The maximum atomic E-state index is 3.69. The first-order valence-corrected chi connectivity index (χ1v) is 20.1. The molecule has 0 aliphatic heterocycles. The van der Waals surface area contributed by atoms with Crippen LogP contribution >= 0.6 is 31.7 Å². The summed E-state index contributed by atoms with van der Waals surface area (Å²) in [5.74, 6) is 0. The average Bonchev–Trinajstić information content (AvgIpc) is 2.81. The van der Waals surface area contributed by atoms with Crippen LogP contribution in [0.3, 0.4) is 0 Å². The first-order chi connectivity index (χ1) is 16.3. The Labute approximate surface area is 217 Å². The Balaban J connectivity index is 2.90. The fraction of sp³-hybridized carbons (Fsp3) is 0.600. The zero-order valence-corrected chi connectivity index (χ0v) is 27.2. The molecule has 2 aromatic rings. The van der Waals surface area contributed by atoms with E-state index in [2.05, 4.69) is 106 Å². The maximum Gasteiger partial charge on any atom is -0.00293 e. The quantitative estimate of drug-likeness (QED) is 0.226. The van der Waals surface area contributed by atoms with Crippen LogP contribution in [0.5, 0.6) is 0 Å². The van der Waals surface area contributed by atoms with E-state index in [0.717, 1.165) is 0 Å². The lowest BCUT2D eigenvalue weighted by molar-refractivity contribution is 1.02. The third kappa shape index (κ3) is 7.13. The SMILES string of the molecule is CCP(CC)c1cc(P(CC)CC)c(-c2cc[c]c(P(C(C)C)C(C)C)c2)c(P(CC)CC)c1. The minimum absolute atomic E-state index is 0.0506. The molecule has 34 heavy (non-hydrogen) atoms. The second-order valence-corrected chi connectivity index (χ2v) is 21.3. The molecule has 0 aromatic heterocycles. The average molecular weight is 534 g/mol. The van der Waals surface area contributed by atoms with Gasteiger partial charge in [-0.1, -0.05) is 113 Å². The predicted molar refractivity (Wildman–Crippen MR) is 170 cm³/mol. The summed E-state index contributed by atoms with van der Waals surface area (Å²) in [5.41, 5.74) is 4.47. The normalized spacial score (nSPS) is 12.4. The summed E-state index contributed by atoms with van der Waals surface area (Å²) in [6.07, 6.45) is 7.73. The number of hydrogen-bond donors (Lipinski definition) is 0. The Morgan fingerprint density at radius 2 is 1.09 bits per heavy atom. The fourth-order valence-electron chi connectivity index (χ4n) is 5.20. The van der Waals surface area contributed by atoms with Crippen molar-refractivity contribution < 1.29 is 0 Å². The molecule has 0 bridgehead atoms. The van der Waals surface area contributed by atoms with Crippen molar-refractivity contribution in [2.24, 2.45) is 0 Å². The van der Waals surface area contributed by atoms with Gasteiger partial charge in [0.15, 0.2) is 0 Å². The monoisotopic (exact) mass is 533 g/mol. The van der Waals surface area contributed by atoms with Gasteiger partial charge in [-0.15, -0.1) is 0 Å². The molecule has 0 aliphatic rings. The summed E-state index contributed by atoms with van der Waals surface area (Å²) in [4.78, 5) is 0. The van der Waals surface area contributed by atoms with Crippen LogP contribution in [-0.2, 0) is 0 Å². The lowest BCUT2D eigenvalue weighted by Gasteiger charge is -2.30. The minimum atomic E-state index is -0.208. The molecule has 0 unspecified atom stereocenters. The predicted octanol–water partition coefficient (Wildman–Crippen LogP) is 8.52. The Morgan fingerprint density at radius 1 is 0.647 bits per heavy atom. The molecule has 0 spiro atoms. The molecule has 0 saturated carbocycles. The summed E-state index contributed by atoms with van der Waals surface area (Å²) in [7, 11) is -0.522. The van der Waals surface area contributed by atoms with Crippen LogP contribution < -0.4 is 21.2 Å². The van der Waals surface area contributed by atoms with Crippen LogP contribution in [-0.4, -0.2) is 48.3 Å². The molecule has 2 rings (SSSR count). The third-order valence-corrected chi connectivity index (χ3v) is 17.6. The van der Waals surface area contributed by atoms with Crippen molar-refractivity contribution >= 4 is 52.9 Å². The van der Waals surface area contributed by atoms with E-state index in [4.69, 9.17) is 0 Å². The zero-order valence-electron chi connectivity index (χ0n) is 23.6. The molecular formula is C30H49P4. The van der Waals surface area contributed by atoms with E-state index in [1.165, 1.54) is 47.8 Å². The number of rotatable bonds is 13. The van der Waals surface area contributed by atoms with Gasteiger partial charge in [-0.2, -0.15) is 0 Å². The molecule has 1 radical (unpaired) electrons. The zero-order chi connectivity index (χ0) is 25.4. The Morgan fingerprint density at radius 3 is 1.47 bits per heavy atom. The van der Waals surface area contributed by atoms with Crippen LogP contribution in [0.2, 0.25) is 0 Å². The molecule has 0 nitrogen and oxygen atoms in total. The van der Waals surface area contributed by atoms with Gasteiger partial charge in [0.2, 0.25) is 0 Å². The highest BCUT2D eigenvalue weighted by atomic mass is 31.1. The van der Waals surface area contributed by atoms with Gasteiger partial charge in [-0.05, 0) is 105 Å². The third-order valence-electron chi connectivity index (χ3n) is 6.88. The lowest BCUT2D eigenvalue weighted by Crippen LogP contribution is -2.26. The highest BCUT2D eigenvalue weighted by Crippen LogP contribution is 2.47. The van der Waals surface area contributed by atoms with Gasteiger partial charge in [0.05, 0.1) is 0 Å². The fourth-order valence-corrected chi connectivity index (χ4v) is 14.1. The highest BCUT2D eigenvalue weighted by molar-refractivity contribution is 7.69. The molecule has 0 N–H and O–H groups in total. The van der Waals surface area contributed by atoms with Gasteiger partial charge in [-0.25, -0.2) is 0 Å². The topological polar surface area (TPSA) is 0 Å². The van der Waals surface area contributed by atoms with E-state index in [0.29, 0.717) is 11.3 Å². The van der Waals surface area contributed by atoms with E-state index in [9.17, 15) is 0 Å². The van der Waals surface area contributed by atoms with Gasteiger partial charge < -0.3 is 0 Å². The summed E-state index contributed by atoms with van der Waals surface area (Å²) in [6, 6.07) is 16.2. The van der Waals surface area contributed by atoms with Crippen LogP contribution in [0.1, 0.15) is 69.2 Å². The Bertz CT molecular complexity index is 836. The molecule has 0 aliphatic carbocycles. The molecule has 0 heterocycles. The summed E-state index contributed by atoms with van der Waals surface area (Å²) < 4.78 is 0. The van der Waals surface area contributed by atoms with Crippen LogP contribution in [0, 0.1) is 6.07 Å². The minimum Gasteiger partial charge on any atom is -0.0758 e. The van der Waals surface area contributed by atoms with Gasteiger partial charge in [0, 0.05) is 0 Å². The summed E-state index contributed by atoms with van der Waals surface area (Å²) >= 11 is 0. The van der Waals surface area contributed by atoms with Crippen molar-refractivity contribution in [3.05, 3.63) is 36.4 Å². The first-order valence-electron chi connectivity index (χ1n) is 13.5. The van der Waals surface area contributed by atoms with Crippen molar-refractivity contribution in [2.45, 2.75) is 80.6 Å². The van der Waals surface area contributed by atoms with Crippen molar-refractivity contribution in [1.82, 2.24) is 0 Å². The van der Waals surface area contributed by atoms with E-state index in [1.54, 1.807) is 21.5 Å². The summed E-state index contributed by atoms with van der Waals surface area (Å²) in [5, 5.41) is 6.54. The largest absolute Gasteiger partial charge is 0.0758 e. The van der Waals surface area contributed by atoms with Crippen LogP contribution in [0.15, 0.2) is 30.3 Å². The van der Waals surface area contributed by atoms with Crippen molar-refractivity contribution in [2.75, 3.05) is 37.0 Å². The number of benzene rings is 2. The van der Waals surface area contributed by atoms with Gasteiger partial charge in [0.25, 0.3) is 0 Å². The summed E-state index contributed by atoms with van der Waals surface area (Å²) in [6.45, 7) is 24.0. The van der Waals surface area contributed by atoms with Crippen molar-refractivity contribution in [3.8, 4) is 11.1 Å². The lowest BCUT2D eigenvalue weighted by atomic mass is 10.1. The first kappa shape index (κ1) is 30.4. The van der Waals surface area contributed by atoms with Gasteiger partial charge in [0.1, 0.15) is 0 Å². The van der Waals surface area contributed by atoms with Crippen molar-refractivity contribution in [1.29, 1.82) is 0 Å². The smallest absolute Gasteiger partial charge is 0.00293 e. The van der Waals surface area contributed by atoms with Crippen molar-refractivity contribution in [3.63, 3.8) is 0 Å². The molecule has 0 fully saturated rings. The second kappa shape index (κ2) is 14.8. The van der Waals surface area contributed by atoms with Gasteiger partial charge >= 0.3 is 0 Å². The molecule has 0 amide bonds. The van der Waals surface area contributed by atoms with Crippen LogP contribution in [0.4, 0.5) is 0 Å². The molecule has 0 atom stereocenters. The molecule has 0 saturated heterocycles. The highest BCUT2D eigenvalue weighted by Gasteiger charge is 2.25. The van der Waals surface area contributed by atoms with E-state index < -0.39 is 0 Å².